The summed E-state index contributed by atoms with van der Waals surface area (Å²) in [5.74, 6) is 0. The van der Waals surface area contributed by atoms with Gasteiger partial charge in [-0.05, 0) is 88.8 Å². The van der Waals surface area contributed by atoms with Crippen LogP contribution in [0.3, 0.4) is 0 Å². The second-order valence-electron chi connectivity index (χ2n) is 10.7. The van der Waals surface area contributed by atoms with Crippen molar-refractivity contribution in [2.75, 3.05) is 4.90 Å². The minimum atomic E-state index is 0.0783. The summed E-state index contributed by atoms with van der Waals surface area (Å²) in [6, 6.07) is 38.2. The molecule has 0 saturated carbocycles. The molecule has 0 atom stereocenters. The van der Waals surface area contributed by atoms with Gasteiger partial charge in [0.05, 0.1) is 0 Å². The van der Waals surface area contributed by atoms with Crippen LogP contribution in [0.25, 0.3) is 31.3 Å². The summed E-state index contributed by atoms with van der Waals surface area (Å²) in [4.78, 5) is 24.6. The van der Waals surface area contributed by atoms with Gasteiger partial charge in [-0.15, -0.1) is 11.3 Å². The number of hydrogen-bond acceptors (Lipinski definition) is 5. The zero-order valence-electron chi connectivity index (χ0n) is 22.7. The first-order valence-electron chi connectivity index (χ1n) is 14.0. The number of nitrogens with zero attached hydrogens (tertiary/aromatic N) is 3. The number of rotatable bonds is 4. The smallest absolute Gasteiger partial charge is 0.195 e. The highest BCUT2D eigenvalue weighted by Gasteiger charge is 2.24. The van der Waals surface area contributed by atoms with Gasteiger partial charge in [0, 0.05) is 61.6 Å². The molecule has 0 radical (unpaired) electrons. The summed E-state index contributed by atoms with van der Waals surface area (Å²) >= 11 is 1.69. The molecule has 2 aromatic heterocycles. The van der Waals surface area contributed by atoms with Crippen molar-refractivity contribution < 1.29 is 0 Å². The largest absolute Gasteiger partial charge is 0.310 e. The Bertz CT molecular complexity index is 2120. The minimum absolute atomic E-state index is 0.0783. The average molecular weight is 560 g/mol. The first-order chi connectivity index (χ1) is 20.7. The topological polar surface area (TPSA) is 46.1 Å². The Hall–Kier alpha value is -5.13. The Morgan fingerprint density at radius 3 is 2.02 bits per heavy atom. The lowest BCUT2D eigenvalue weighted by Gasteiger charge is -2.31. The van der Waals surface area contributed by atoms with Crippen LogP contribution in [0.1, 0.15) is 22.3 Å². The van der Waals surface area contributed by atoms with Gasteiger partial charge in [0.25, 0.3) is 0 Å². The van der Waals surface area contributed by atoms with Crippen LogP contribution in [-0.4, -0.2) is 9.97 Å². The molecule has 1 aliphatic rings. The maximum Gasteiger partial charge on any atom is 0.195 e. The first-order valence-corrected chi connectivity index (χ1v) is 14.8. The van der Waals surface area contributed by atoms with Gasteiger partial charge in [-0.25, -0.2) is 9.97 Å². The van der Waals surface area contributed by atoms with E-state index in [1.165, 1.54) is 34.3 Å². The molecule has 0 saturated heterocycles. The van der Waals surface area contributed by atoms with Gasteiger partial charge < -0.3 is 4.90 Å². The molecule has 0 N–H and O–H groups in total. The summed E-state index contributed by atoms with van der Waals surface area (Å²) in [6.45, 7) is 0. The number of hydrogen-bond donors (Lipinski definition) is 0. The summed E-state index contributed by atoms with van der Waals surface area (Å²) in [6.07, 6.45) is 6.70. The summed E-state index contributed by atoms with van der Waals surface area (Å²) in [5, 5.41) is 1.53. The molecular weight excluding hydrogens is 534 g/mol. The lowest BCUT2D eigenvalue weighted by molar-refractivity contribution is 0.999. The maximum absolute atomic E-state index is 13.9. The maximum atomic E-state index is 13.9. The predicted molar refractivity (Wildman–Crippen MR) is 173 cm³/mol. The van der Waals surface area contributed by atoms with E-state index in [9.17, 15) is 4.79 Å². The van der Waals surface area contributed by atoms with Crippen LogP contribution in [0.2, 0.25) is 0 Å². The van der Waals surface area contributed by atoms with Crippen molar-refractivity contribution in [1.82, 2.24) is 9.97 Å². The van der Waals surface area contributed by atoms with Crippen LogP contribution in [0, 0.1) is 0 Å². The molecule has 0 bridgehead atoms. The van der Waals surface area contributed by atoms with E-state index >= 15 is 0 Å². The van der Waals surface area contributed by atoms with E-state index in [2.05, 4.69) is 106 Å². The van der Waals surface area contributed by atoms with Gasteiger partial charge in [0.15, 0.2) is 5.43 Å². The van der Waals surface area contributed by atoms with Gasteiger partial charge in [-0.3, -0.25) is 4.79 Å². The second kappa shape index (κ2) is 10.1. The molecule has 8 rings (SSSR count). The molecule has 4 nitrogen and oxygen atoms in total. The van der Waals surface area contributed by atoms with Gasteiger partial charge in [-0.1, -0.05) is 54.6 Å². The summed E-state index contributed by atoms with van der Waals surface area (Å²) in [5.41, 5.74) is 10.5. The van der Waals surface area contributed by atoms with Crippen LogP contribution >= 0.6 is 11.3 Å². The fraction of sp³-hybridized carbons (Fsp3) is 0.0541. The Morgan fingerprint density at radius 2 is 1.29 bits per heavy atom. The number of para-hydroxylation sites is 2. The molecule has 0 spiro atoms. The highest BCUT2D eigenvalue weighted by Crippen LogP contribution is 2.42. The Labute approximate surface area is 247 Å². The fourth-order valence-corrected chi connectivity index (χ4v) is 7.22. The van der Waals surface area contributed by atoms with Crippen molar-refractivity contribution in [3.63, 3.8) is 0 Å². The van der Waals surface area contributed by atoms with Crippen LogP contribution in [-0.2, 0) is 12.8 Å². The van der Waals surface area contributed by atoms with E-state index in [0.717, 1.165) is 55.5 Å². The van der Waals surface area contributed by atoms with E-state index in [0.29, 0.717) is 0 Å². The Morgan fingerprint density at radius 1 is 0.595 bits per heavy atom. The monoisotopic (exact) mass is 559 g/mol. The zero-order chi connectivity index (χ0) is 28.0. The number of benzene rings is 5. The third-order valence-corrected chi connectivity index (χ3v) is 9.28. The number of fused-ring (bicyclic) bond motifs is 4. The highest BCUT2D eigenvalue weighted by molar-refractivity contribution is 7.24. The molecule has 0 fully saturated rings. The van der Waals surface area contributed by atoms with Crippen molar-refractivity contribution in [1.29, 1.82) is 0 Å². The molecule has 200 valence electrons. The highest BCUT2D eigenvalue weighted by atomic mass is 32.1. The van der Waals surface area contributed by atoms with Crippen molar-refractivity contribution >= 4 is 48.6 Å². The molecular formula is C37H25N3OS. The summed E-state index contributed by atoms with van der Waals surface area (Å²) < 4.78 is 2.03. The molecule has 0 aliphatic heterocycles. The SMILES string of the molecule is O=c1c2cc(-c3cncnc3)ccc2sc2cc3c(cc12)Cc1c(cccc1N(c1ccccc1)c1ccccc1)C3. The first kappa shape index (κ1) is 24.6. The molecule has 2 heterocycles. The third kappa shape index (κ3) is 4.18. The quantitative estimate of drug-likeness (QED) is 0.202. The minimum Gasteiger partial charge on any atom is -0.310 e. The molecule has 0 amide bonds. The molecule has 42 heavy (non-hydrogen) atoms. The lowest BCUT2D eigenvalue weighted by atomic mass is 9.84. The van der Waals surface area contributed by atoms with Crippen molar-refractivity contribution in [2.45, 2.75) is 12.8 Å². The van der Waals surface area contributed by atoms with Crippen LogP contribution in [0.15, 0.2) is 133 Å². The van der Waals surface area contributed by atoms with Gasteiger partial charge in [-0.2, -0.15) is 0 Å². The van der Waals surface area contributed by atoms with E-state index in [1.54, 1.807) is 23.7 Å². The Kier molecular flexibility index (Phi) is 5.90. The zero-order valence-corrected chi connectivity index (χ0v) is 23.5. The fourth-order valence-electron chi connectivity index (χ4n) is 6.12. The van der Waals surface area contributed by atoms with Crippen molar-refractivity contribution in [2.24, 2.45) is 0 Å². The van der Waals surface area contributed by atoms with Crippen LogP contribution in [0.4, 0.5) is 17.1 Å². The van der Waals surface area contributed by atoms with Gasteiger partial charge in [0.1, 0.15) is 6.33 Å². The average Bonchev–Trinajstić information content (AvgIpc) is 3.05. The van der Waals surface area contributed by atoms with Crippen molar-refractivity contribution in [3.05, 3.63) is 160 Å². The molecule has 5 heteroatoms. The van der Waals surface area contributed by atoms with Gasteiger partial charge in [0.2, 0.25) is 0 Å². The molecule has 1 aliphatic carbocycles. The standard InChI is InChI=1S/C37H25N3OS/c41-37-32-17-24(28-21-38-23-39-22-28)14-15-35(32)42-36-20-26-16-25-8-7-13-34(31(25)18-27(26)19-33(36)37)40(29-9-3-1-4-10-29)30-11-5-2-6-12-30/h1-15,17,19-23H,16,18H2. The molecule has 7 aromatic rings. The number of anilines is 3. The lowest BCUT2D eigenvalue weighted by Crippen LogP contribution is -2.16. The Balaban J connectivity index is 1.26. The van der Waals surface area contributed by atoms with E-state index in [1.807, 2.05) is 18.2 Å². The predicted octanol–water partition coefficient (Wildman–Crippen LogP) is 8.84. The van der Waals surface area contributed by atoms with E-state index in [4.69, 9.17) is 0 Å². The summed E-state index contributed by atoms with van der Waals surface area (Å²) in [7, 11) is 0. The van der Waals surface area contributed by atoms with Crippen LogP contribution in [0.5, 0.6) is 0 Å². The van der Waals surface area contributed by atoms with Crippen LogP contribution < -0.4 is 10.3 Å². The number of aromatic nitrogens is 2. The molecule has 5 aromatic carbocycles. The van der Waals surface area contributed by atoms with Crippen molar-refractivity contribution in [3.8, 4) is 11.1 Å². The van der Waals surface area contributed by atoms with E-state index in [-0.39, 0.29) is 5.43 Å². The third-order valence-electron chi connectivity index (χ3n) is 8.15. The van der Waals surface area contributed by atoms with Gasteiger partial charge >= 0.3 is 0 Å². The second-order valence-corrected chi connectivity index (χ2v) is 11.7. The normalized spacial score (nSPS) is 12.2. The van der Waals surface area contributed by atoms with E-state index < -0.39 is 0 Å². The molecule has 0 unspecified atom stereocenters.